The summed E-state index contributed by atoms with van der Waals surface area (Å²) in [5, 5.41) is 9.11. The lowest BCUT2D eigenvalue weighted by Crippen LogP contribution is -2.46. The van der Waals surface area contributed by atoms with Gasteiger partial charge in [0.1, 0.15) is 0 Å². The minimum absolute atomic E-state index is 0.0391. The first-order valence-corrected chi connectivity index (χ1v) is 8.17. The average molecular weight is 318 g/mol. The fourth-order valence-corrected chi connectivity index (χ4v) is 2.73. The van der Waals surface area contributed by atoms with E-state index in [2.05, 4.69) is 20.9 Å². The zero-order valence-corrected chi connectivity index (χ0v) is 13.7. The van der Waals surface area contributed by atoms with E-state index < -0.39 is 0 Å². The molecule has 0 saturated carbocycles. The molecule has 6 nitrogen and oxygen atoms in total. The lowest BCUT2D eigenvalue weighted by atomic mass is 10.0. The van der Waals surface area contributed by atoms with Crippen molar-refractivity contribution in [2.45, 2.75) is 19.4 Å². The zero-order valence-electron chi connectivity index (χ0n) is 13.7. The molecule has 0 aliphatic carbocycles. The molecule has 1 fully saturated rings. The van der Waals surface area contributed by atoms with Gasteiger partial charge >= 0.3 is 0 Å². The molecule has 3 N–H and O–H groups in total. The van der Waals surface area contributed by atoms with Crippen LogP contribution in [0.2, 0.25) is 0 Å². The van der Waals surface area contributed by atoms with Crippen molar-refractivity contribution >= 4 is 11.8 Å². The van der Waals surface area contributed by atoms with Crippen LogP contribution in [0.5, 0.6) is 0 Å². The minimum atomic E-state index is -0.284. The number of carbonyl (C=O) groups is 2. The Labute approximate surface area is 137 Å². The van der Waals surface area contributed by atoms with Crippen LogP contribution in [0.3, 0.4) is 0 Å². The Morgan fingerprint density at radius 3 is 2.57 bits per heavy atom. The van der Waals surface area contributed by atoms with Gasteiger partial charge in [-0.1, -0.05) is 30.3 Å². The third-order valence-corrected chi connectivity index (χ3v) is 3.93. The van der Waals surface area contributed by atoms with E-state index in [9.17, 15) is 9.59 Å². The first-order chi connectivity index (χ1) is 11.1. The number of rotatable bonds is 7. The number of hydrogen-bond donors (Lipinski definition) is 3. The summed E-state index contributed by atoms with van der Waals surface area (Å²) in [5.74, 6) is -0.171. The van der Waals surface area contributed by atoms with Crippen LogP contribution >= 0.6 is 0 Å². The molecule has 1 aliphatic rings. The summed E-state index contributed by atoms with van der Waals surface area (Å²) in [4.78, 5) is 25.9. The highest BCUT2D eigenvalue weighted by Gasteiger charge is 2.17. The fraction of sp³-hybridized carbons (Fsp3) is 0.529. The van der Waals surface area contributed by atoms with E-state index in [4.69, 9.17) is 0 Å². The molecule has 1 aliphatic heterocycles. The summed E-state index contributed by atoms with van der Waals surface area (Å²) >= 11 is 0. The highest BCUT2D eigenvalue weighted by Crippen LogP contribution is 2.16. The van der Waals surface area contributed by atoms with Crippen molar-refractivity contribution in [3.63, 3.8) is 0 Å². The van der Waals surface area contributed by atoms with Crippen LogP contribution in [-0.4, -0.2) is 56.0 Å². The van der Waals surface area contributed by atoms with Gasteiger partial charge in [0.2, 0.25) is 11.8 Å². The van der Waals surface area contributed by atoms with Gasteiger partial charge in [0.15, 0.2) is 0 Å². The van der Waals surface area contributed by atoms with E-state index in [1.165, 1.54) is 6.92 Å². The minimum Gasteiger partial charge on any atom is -0.355 e. The van der Waals surface area contributed by atoms with E-state index in [0.717, 1.165) is 38.3 Å². The number of carbonyl (C=O) groups excluding carboxylic acids is 2. The molecule has 6 heteroatoms. The van der Waals surface area contributed by atoms with Gasteiger partial charge in [-0.15, -0.1) is 0 Å². The highest BCUT2D eigenvalue weighted by atomic mass is 16.2. The van der Waals surface area contributed by atoms with Crippen LogP contribution in [0.15, 0.2) is 30.3 Å². The summed E-state index contributed by atoms with van der Waals surface area (Å²) in [6.07, 6.45) is 0.255. The van der Waals surface area contributed by atoms with Gasteiger partial charge in [-0.05, 0) is 5.56 Å². The van der Waals surface area contributed by atoms with E-state index in [1.54, 1.807) is 0 Å². The monoisotopic (exact) mass is 318 g/mol. The molecule has 2 amide bonds. The lowest BCUT2D eigenvalue weighted by molar-refractivity contribution is -0.122. The molecular weight excluding hydrogens is 292 g/mol. The molecule has 0 radical (unpaired) electrons. The molecule has 2 rings (SSSR count). The molecule has 1 aromatic rings. The summed E-state index contributed by atoms with van der Waals surface area (Å²) in [5.41, 5.74) is 0.944. The van der Waals surface area contributed by atoms with E-state index >= 15 is 0 Å². The number of nitrogens with zero attached hydrogens (tertiary/aromatic N) is 1. The highest BCUT2D eigenvalue weighted by molar-refractivity contribution is 5.79. The van der Waals surface area contributed by atoms with Gasteiger partial charge in [0.05, 0.1) is 12.5 Å². The average Bonchev–Trinajstić information content (AvgIpc) is 2.56. The largest absolute Gasteiger partial charge is 0.355 e. The Hall–Kier alpha value is -1.92. The molecule has 126 valence electrons. The summed E-state index contributed by atoms with van der Waals surface area (Å²) in [6.45, 7) is 7.03. The second-order valence-corrected chi connectivity index (χ2v) is 5.81. The van der Waals surface area contributed by atoms with Crippen LogP contribution in [0.1, 0.15) is 24.9 Å². The number of nitrogens with one attached hydrogen (secondary N) is 3. The topological polar surface area (TPSA) is 73.5 Å². The number of amides is 2. The Morgan fingerprint density at radius 2 is 1.91 bits per heavy atom. The lowest BCUT2D eigenvalue weighted by Gasteiger charge is -2.27. The fourth-order valence-electron chi connectivity index (χ4n) is 2.73. The standard InChI is InChI=1S/C17H26N4O2/c1-14(22)20-16(15-5-3-2-4-6-15)13-17(23)19-9-12-21-10-7-18-8-11-21/h2-6,16,18H,7-13H2,1H3,(H,19,23)(H,20,22). The van der Waals surface area contributed by atoms with Crippen LogP contribution < -0.4 is 16.0 Å². The van der Waals surface area contributed by atoms with Gasteiger partial charge in [-0.3, -0.25) is 14.5 Å². The number of hydrogen-bond acceptors (Lipinski definition) is 4. The SMILES string of the molecule is CC(=O)NC(CC(=O)NCCN1CCNCC1)c1ccccc1. The summed E-state index contributed by atoms with van der Waals surface area (Å²) in [7, 11) is 0. The van der Waals surface area contributed by atoms with Crippen molar-refractivity contribution in [2.75, 3.05) is 39.3 Å². The molecule has 0 aromatic heterocycles. The molecular formula is C17H26N4O2. The Bertz CT molecular complexity index is 501. The second-order valence-electron chi connectivity index (χ2n) is 5.81. The van der Waals surface area contributed by atoms with Crippen molar-refractivity contribution in [3.05, 3.63) is 35.9 Å². The summed E-state index contributed by atoms with van der Waals surface area (Å²) in [6, 6.07) is 9.30. The van der Waals surface area contributed by atoms with E-state index in [1.807, 2.05) is 30.3 Å². The van der Waals surface area contributed by atoms with E-state index in [-0.39, 0.29) is 24.3 Å². The quantitative estimate of drug-likeness (QED) is 0.675. The van der Waals surface area contributed by atoms with Crippen molar-refractivity contribution in [1.29, 1.82) is 0 Å². The Balaban J connectivity index is 1.79. The predicted molar refractivity (Wildman–Crippen MR) is 89.9 cm³/mol. The molecule has 1 atom stereocenters. The predicted octanol–water partition coefficient (Wildman–Crippen LogP) is 0.275. The van der Waals surface area contributed by atoms with Crippen molar-refractivity contribution in [3.8, 4) is 0 Å². The van der Waals surface area contributed by atoms with Crippen LogP contribution in [0, 0.1) is 0 Å². The maximum Gasteiger partial charge on any atom is 0.222 e. The molecule has 1 unspecified atom stereocenters. The first-order valence-electron chi connectivity index (χ1n) is 8.17. The zero-order chi connectivity index (χ0) is 16.5. The van der Waals surface area contributed by atoms with E-state index in [0.29, 0.717) is 6.54 Å². The smallest absolute Gasteiger partial charge is 0.222 e. The third kappa shape index (κ3) is 6.38. The van der Waals surface area contributed by atoms with Crippen molar-refractivity contribution in [1.82, 2.24) is 20.9 Å². The normalized spacial score (nSPS) is 16.6. The maximum atomic E-state index is 12.2. The van der Waals surface area contributed by atoms with Gasteiger partial charge < -0.3 is 16.0 Å². The Morgan fingerprint density at radius 1 is 1.22 bits per heavy atom. The molecule has 1 aromatic carbocycles. The third-order valence-electron chi connectivity index (χ3n) is 3.93. The first kappa shape index (κ1) is 17.4. The molecule has 0 bridgehead atoms. The molecule has 0 spiro atoms. The van der Waals surface area contributed by atoms with Gasteiger partial charge in [0.25, 0.3) is 0 Å². The Kier molecular flexibility index (Phi) is 7.03. The van der Waals surface area contributed by atoms with Gasteiger partial charge in [-0.2, -0.15) is 0 Å². The van der Waals surface area contributed by atoms with Crippen LogP contribution in [0.25, 0.3) is 0 Å². The second kappa shape index (κ2) is 9.27. The molecule has 1 heterocycles. The van der Waals surface area contributed by atoms with Crippen LogP contribution in [-0.2, 0) is 9.59 Å². The number of piperazine rings is 1. The van der Waals surface area contributed by atoms with Crippen LogP contribution in [0.4, 0.5) is 0 Å². The number of benzene rings is 1. The molecule has 23 heavy (non-hydrogen) atoms. The van der Waals surface area contributed by atoms with Gasteiger partial charge in [0, 0.05) is 46.2 Å². The van der Waals surface area contributed by atoms with Crippen molar-refractivity contribution < 1.29 is 9.59 Å². The summed E-state index contributed by atoms with van der Waals surface area (Å²) < 4.78 is 0. The van der Waals surface area contributed by atoms with Crippen molar-refractivity contribution in [2.24, 2.45) is 0 Å². The van der Waals surface area contributed by atoms with Gasteiger partial charge in [-0.25, -0.2) is 0 Å². The molecule has 1 saturated heterocycles. The maximum absolute atomic E-state index is 12.2.